The first-order valence-electron chi connectivity index (χ1n) is 6.88. The molecule has 5 heteroatoms. The maximum Gasteiger partial charge on any atom is 0.508 e. The molecule has 19 heavy (non-hydrogen) atoms. The molecule has 0 fully saturated rings. The Morgan fingerprint density at radius 3 is 2.00 bits per heavy atom. The maximum absolute atomic E-state index is 12.1. The summed E-state index contributed by atoms with van der Waals surface area (Å²) in [6.45, 7) is 9.97. The first-order valence-corrected chi connectivity index (χ1v) is 6.88. The Kier molecular flexibility index (Phi) is 8.19. The standard InChI is InChI=1S/C14H26O5/c1-6-14(9-11(4)5,12(15)17-7-2)10-19-13(16)18-8-3/h11H,6-10H2,1-5H3. The maximum atomic E-state index is 12.1. The third-order valence-electron chi connectivity index (χ3n) is 2.91. The van der Waals surface area contributed by atoms with Gasteiger partial charge in [0, 0.05) is 0 Å². The van der Waals surface area contributed by atoms with E-state index in [4.69, 9.17) is 14.2 Å². The van der Waals surface area contributed by atoms with Gasteiger partial charge in [-0.3, -0.25) is 4.79 Å². The van der Waals surface area contributed by atoms with Gasteiger partial charge in [0.15, 0.2) is 0 Å². The van der Waals surface area contributed by atoms with Crippen LogP contribution in [0.4, 0.5) is 4.79 Å². The lowest BCUT2D eigenvalue weighted by Crippen LogP contribution is -2.39. The summed E-state index contributed by atoms with van der Waals surface area (Å²) in [5.41, 5.74) is -0.781. The van der Waals surface area contributed by atoms with Crippen LogP contribution in [-0.2, 0) is 19.0 Å². The summed E-state index contributed by atoms with van der Waals surface area (Å²) in [6.07, 6.45) is 0.430. The van der Waals surface area contributed by atoms with E-state index in [0.717, 1.165) is 0 Å². The molecule has 0 aromatic rings. The zero-order valence-electron chi connectivity index (χ0n) is 12.7. The van der Waals surface area contributed by atoms with Crippen molar-refractivity contribution in [2.75, 3.05) is 19.8 Å². The average molecular weight is 274 g/mol. The second kappa shape index (κ2) is 8.77. The van der Waals surface area contributed by atoms with E-state index in [0.29, 0.717) is 25.4 Å². The van der Waals surface area contributed by atoms with Crippen molar-refractivity contribution in [1.82, 2.24) is 0 Å². The molecular formula is C14H26O5. The summed E-state index contributed by atoms with van der Waals surface area (Å²) in [5, 5.41) is 0. The molecule has 1 atom stereocenters. The number of rotatable bonds is 8. The normalized spacial score (nSPS) is 13.8. The molecule has 0 aliphatic heterocycles. The van der Waals surface area contributed by atoms with Crippen molar-refractivity contribution in [2.24, 2.45) is 11.3 Å². The molecule has 0 bridgehead atoms. The molecule has 0 saturated heterocycles. The Morgan fingerprint density at radius 2 is 1.58 bits per heavy atom. The fraction of sp³-hybridized carbons (Fsp3) is 0.857. The SMILES string of the molecule is CCOC(=O)OCC(CC)(CC(C)C)C(=O)OCC. The molecule has 5 nitrogen and oxygen atoms in total. The monoisotopic (exact) mass is 274 g/mol. The molecule has 112 valence electrons. The summed E-state index contributed by atoms with van der Waals surface area (Å²) in [4.78, 5) is 23.4. The lowest BCUT2D eigenvalue weighted by atomic mass is 9.78. The van der Waals surface area contributed by atoms with Crippen molar-refractivity contribution in [3.05, 3.63) is 0 Å². The third kappa shape index (κ3) is 5.94. The predicted octanol–water partition coefficient (Wildman–Crippen LogP) is 3.17. The van der Waals surface area contributed by atoms with Gasteiger partial charge in [0.25, 0.3) is 0 Å². The van der Waals surface area contributed by atoms with Crippen LogP contribution in [0.2, 0.25) is 0 Å². The molecule has 0 spiro atoms. The molecule has 0 aliphatic rings. The zero-order valence-corrected chi connectivity index (χ0v) is 12.7. The second-order valence-electron chi connectivity index (χ2n) is 4.92. The fourth-order valence-corrected chi connectivity index (χ4v) is 2.01. The van der Waals surface area contributed by atoms with Gasteiger partial charge in [-0.05, 0) is 32.6 Å². The van der Waals surface area contributed by atoms with E-state index in [9.17, 15) is 9.59 Å². The number of esters is 1. The number of carbonyl (C=O) groups excluding carboxylic acids is 2. The van der Waals surface area contributed by atoms with E-state index >= 15 is 0 Å². The Balaban J connectivity index is 4.81. The molecule has 0 radical (unpaired) electrons. The Labute approximate surface area is 115 Å². The van der Waals surface area contributed by atoms with Crippen molar-refractivity contribution in [2.45, 2.75) is 47.5 Å². The van der Waals surface area contributed by atoms with E-state index in [1.54, 1.807) is 13.8 Å². The van der Waals surface area contributed by atoms with Gasteiger partial charge in [-0.2, -0.15) is 0 Å². The third-order valence-corrected chi connectivity index (χ3v) is 2.91. The van der Waals surface area contributed by atoms with Crippen LogP contribution < -0.4 is 0 Å². The van der Waals surface area contributed by atoms with Crippen molar-refractivity contribution < 1.29 is 23.8 Å². The molecular weight excluding hydrogens is 248 g/mol. The van der Waals surface area contributed by atoms with Gasteiger partial charge >= 0.3 is 12.1 Å². The highest BCUT2D eigenvalue weighted by atomic mass is 16.7. The summed E-state index contributed by atoms with van der Waals surface area (Å²) < 4.78 is 14.9. The van der Waals surface area contributed by atoms with Gasteiger partial charge in [-0.15, -0.1) is 0 Å². The minimum absolute atomic E-state index is 0.000648. The topological polar surface area (TPSA) is 61.8 Å². The van der Waals surface area contributed by atoms with Gasteiger partial charge in [0.1, 0.15) is 12.0 Å². The highest BCUT2D eigenvalue weighted by molar-refractivity contribution is 5.77. The first-order chi connectivity index (χ1) is 8.91. The van der Waals surface area contributed by atoms with E-state index in [-0.39, 0.29) is 19.2 Å². The van der Waals surface area contributed by atoms with Crippen LogP contribution in [0.5, 0.6) is 0 Å². The van der Waals surface area contributed by atoms with Crippen LogP contribution in [0.15, 0.2) is 0 Å². The molecule has 0 N–H and O–H groups in total. The lowest BCUT2D eigenvalue weighted by Gasteiger charge is -2.31. The van der Waals surface area contributed by atoms with Gasteiger partial charge < -0.3 is 14.2 Å². The summed E-state index contributed by atoms with van der Waals surface area (Å²) >= 11 is 0. The minimum atomic E-state index is -0.781. The largest absolute Gasteiger partial charge is 0.508 e. The quantitative estimate of drug-likeness (QED) is 0.636. The Hall–Kier alpha value is -1.26. The number of hydrogen-bond donors (Lipinski definition) is 0. The molecule has 0 saturated carbocycles. The summed E-state index contributed by atoms with van der Waals surface area (Å²) in [7, 11) is 0. The lowest BCUT2D eigenvalue weighted by molar-refractivity contribution is -0.160. The molecule has 0 rings (SSSR count). The Bertz CT molecular complexity index is 288. The smallest absolute Gasteiger partial charge is 0.465 e. The zero-order chi connectivity index (χ0) is 14.9. The van der Waals surface area contributed by atoms with Gasteiger partial charge in [-0.25, -0.2) is 4.79 Å². The van der Waals surface area contributed by atoms with Crippen LogP contribution in [0.25, 0.3) is 0 Å². The molecule has 0 heterocycles. The summed E-state index contributed by atoms with van der Waals surface area (Å²) in [6, 6.07) is 0. The predicted molar refractivity (Wildman–Crippen MR) is 71.8 cm³/mol. The van der Waals surface area contributed by atoms with E-state index < -0.39 is 11.6 Å². The highest BCUT2D eigenvalue weighted by Gasteiger charge is 2.40. The fourth-order valence-electron chi connectivity index (χ4n) is 2.01. The minimum Gasteiger partial charge on any atom is -0.465 e. The van der Waals surface area contributed by atoms with Crippen LogP contribution in [0.1, 0.15) is 47.5 Å². The van der Waals surface area contributed by atoms with E-state index in [2.05, 4.69) is 0 Å². The van der Waals surface area contributed by atoms with E-state index in [1.165, 1.54) is 0 Å². The molecule has 0 aromatic carbocycles. The van der Waals surface area contributed by atoms with Crippen molar-refractivity contribution >= 4 is 12.1 Å². The number of ether oxygens (including phenoxy) is 3. The van der Waals surface area contributed by atoms with Crippen molar-refractivity contribution in [1.29, 1.82) is 0 Å². The van der Waals surface area contributed by atoms with Gasteiger partial charge in [0.05, 0.1) is 13.2 Å². The summed E-state index contributed by atoms with van der Waals surface area (Å²) in [5.74, 6) is -0.00866. The molecule has 1 unspecified atom stereocenters. The van der Waals surface area contributed by atoms with E-state index in [1.807, 2.05) is 20.8 Å². The van der Waals surface area contributed by atoms with Crippen LogP contribution in [0.3, 0.4) is 0 Å². The molecule has 0 aliphatic carbocycles. The van der Waals surface area contributed by atoms with Crippen molar-refractivity contribution in [3.8, 4) is 0 Å². The average Bonchev–Trinajstić information content (AvgIpc) is 2.34. The van der Waals surface area contributed by atoms with Crippen molar-refractivity contribution in [3.63, 3.8) is 0 Å². The van der Waals surface area contributed by atoms with Crippen LogP contribution in [0, 0.1) is 11.3 Å². The molecule has 0 aromatic heterocycles. The Morgan fingerprint density at radius 1 is 1.00 bits per heavy atom. The van der Waals surface area contributed by atoms with Gasteiger partial charge in [-0.1, -0.05) is 20.8 Å². The van der Waals surface area contributed by atoms with Gasteiger partial charge in [0.2, 0.25) is 0 Å². The van der Waals surface area contributed by atoms with Crippen LogP contribution in [-0.4, -0.2) is 31.9 Å². The highest BCUT2D eigenvalue weighted by Crippen LogP contribution is 2.32. The molecule has 0 amide bonds. The second-order valence-corrected chi connectivity index (χ2v) is 4.92. The van der Waals surface area contributed by atoms with Crippen LogP contribution >= 0.6 is 0 Å². The first kappa shape index (κ1) is 17.7. The number of hydrogen-bond acceptors (Lipinski definition) is 5. The number of carbonyl (C=O) groups is 2.